The van der Waals surface area contributed by atoms with Crippen molar-refractivity contribution in [3.05, 3.63) is 64.7 Å². The van der Waals surface area contributed by atoms with Gasteiger partial charge < -0.3 is 9.84 Å². The normalized spacial score (nSPS) is 16.2. The molecule has 1 aliphatic rings. The second kappa shape index (κ2) is 7.31. The van der Waals surface area contributed by atoms with Gasteiger partial charge >= 0.3 is 0 Å². The number of phenolic OH excluding ortho intramolecular Hbond substituents is 1. The zero-order valence-corrected chi connectivity index (χ0v) is 15.8. The SMILES string of the molecule is C=CCc1c(Cl)cc2c(c1O)OC(COS(=O)(=O)c1ccc(C)cc1)C2. The van der Waals surface area contributed by atoms with Crippen molar-refractivity contribution in [1.82, 2.24) is 0 Å². The molecule has 1 heterocycles. The first-order valence-corrected chi connectivity index (χ1v) is 9.87. The first-order chi connectivity index (χ1) is 12.3. The van der Waals surface area contributed by atoms with Crippen molar-refractivity contribution in [2.45, 2.75) is 30.8 Å². The molecule has 1 aliphatic heterocycles. The van der Waals surface area contributed by atoms with Crippen LogP contribution in [0.25, 0.3) is 0 Å². The molecule has 0 bridgehead atoms. The van der Waals surface area contributed by atoms with Crippen molar-refractivity contribution < 1.29 is 22.4 Å². The van der Waals surface area contributed by atoms with Crippen molar-refractivity contribution in [2.24, 2.45) is 0 Å². The molecule has 2 aromatic rings. The van der Waals surface area contributed by atoms with Gasteiger partial charge in [-0.2, -0.15) is 8.42 Å². The zero-order chi connectivity index (χ0) is 18.9. The van der Waals surface area contributed by atoms with Crippen LogP contribution >= 0.6 is 11.6 Å². The van der Waals surface area contributed by atoms with Gasteiger partial charge in [0.2, 0.25) is 0 Å². The topological polar surface area (TPSA) is 72.8 Å². The number of hydrogen-bond acceptors (Lipinski definition) is 5. The molecule has 0 fully saturated rings. The summed E-state index contributed by atoms with van der Waals surface area (Å²) in [5.41, 5.74) is 2.22. The van der Waals surface area contributed by atoms with Crippen molar-refractivity contribution in [2.75, 3.05) is 6.61 Å². The maximum Gasteiger partial charge on any atom is 0.297 e. The van der Waals surface area contributed by atoms with Crippen molar-refractivity contribution in [1.29, 1.82) is 0 Å². The molecule has 138 valence electrons. The molecule has 1 atom stereocenters. The molecule has 0 saturated heterocycles. The Labute approximate surface area is 158 Å². The van der Waals surface area contributed by atoms with E-state index in [9.17, 15) is 13.5 Å². The van der Waals surface area contributed by atoms with Gasteiger partial charge in [-0.05, 0) is 31.5 Å². The Morgan fingerprint density at radius 2 is 2.08 bits per heavy atom. The maximum absolute atomic E-state index is 12.3. The predicted octanol–water partition coefficient (Wildman–Crippen LogP) is 3.79. The Morgan fingerprint density at radius 1 is 1.38 bits per heavy atom. The fourth-order valence-electron chi connectivity index (χ4n) is 2.81. The summed E-state index contributed by atoms with van der Waals surface area (Å²) in [6.45, 7) is 5.36. The van der Waals surface area contributed by atoms with Gasteiger partial charge in [-0.3, -0.25) is 4.18 Å². The van der Waals surface area contributed by atoms with Gasteiger partial charge in [0.05, 0.1) is 4.90 Å². The van der Waals surface area contributed by atoms with Crippen molar-refractivity contribution in [3.63, 3.8) is 0 Å². The largest absolute Gasteiger partial charge is 0.504 e. The van der Waals surface area contributed by atoms with Crippen LogP contribution in [0, 0.1) is 6.92 Å². The summed E-state index contributed by atoms with van der Waals surface area (Å²) >= 11 is 6.19. The molecule has 0 radical (unpaired) electrons. The fraction of sp³-hybridized carbons (Fsp3) is 0.263. The molecule has 7 heteroatoms. The molecular weight excluding hydrogens is 376 g/mol. The lowest BCUT2D eigenvalue weighted by Gasteiger charge is -2.13. The Morgan fingerprint density at radius 3 is 2.73 bits per heavy atom. The monoisotopic (exact) mass is 394 g/mol. The lowest BCUT2D eigenvalue weighted by Crippen LogP contribution is -2.23. The van der Waals surface area contributed by atoms with Crippen LogP contribution in [-0.2, 0) is 27.1 Å². The van der Waals surface area contributed by atoms with Gasteiger partial charge in [0.15, 0.2) is 11.5 Å². The third kappa shape index (κ3) is 3.72. The number of fused-ring (bicyclic) bond motifs is 1. The maximum atomic E-state index is 12.3. The lowest BCUT2D eigenvalue weighted by atomic mass is 10.0. The molecular formula is C19H19ClO5S. The highest BCUT2D eigenvalue weighted by Gasteiger charge is 2.30. The van der Waals surface area contributed by atoms with Crippen LogP contribution in [0.3, 0.4) is 0 Å². The van der Waals surface area contributed by atoms with E-state index in [0.717, 1.165) is 11.1 Å². The van der Waals surface area contributed by atoms with Crippen LogP contribution in [-0.4, -0.2) is 26.2 Å². The Bertz CT molecular complexity index is 935. The molecule has 26 heavy (non-hydrogen) atoms. The highest BCUT2D eigenvalue weighted by atomic mass is 35.5. The summed E-state index contributed by atoms with van der Waals surface area (Å²) < 4.78 is 35.4. The summed E-state index contributed by atoms with van der Waals surface area (Å²) in [5, 5.41) is 10.8. The predicted molar refractivity (Wildman–Crippen MR) is 99.5 cm³/mol. The van der Waals surface area contributed by atoms with E-state index in [2.05, 4.69) is 6.58 Å². The molecule has 0 saturated carbocycles. The van der Waals surface area contributed by atoms with E-state index in [1.165, 1.54) is 12.1 Å². The van der Waals surface area contributed by atoms with E-state index in [0.29, 0.717) is 29.2 Å². The number of rotatable bonds is 6. The smallest absolute Gasteiger partial charge is 0.297 e. The number of aryl methyl sites for hydroxylation is 1. The van der Waals surface area contributed by atoms with Crippen LogP contribution in [0.2, 0.25) is 5.02 Å². The van der Waals surface area contributed by atoms with E-state index in [1.807, 2.05) is 6.92 Å². The van der Waals surface area contributed by atoms with Gasteiger partial charge in [0.25, 0.3) is 10.1 Å². The highest BCUT2D eigenvalue weighted by Crippen LogP contribution is 2.43. The van der Waals surface area contributed by atoms with Crippen molar-refractivity contribution >= 4 is 21.7 Å². The Kier molecular flexibility index (Phi) is 5.27. The quantitative estimate of drug-likeness (QED) is 0.596. The summed E-state index contributed by atoms with van der Waals surface area (Å²) in [6, 6.07) is 8.15. The second-order valence-electron chi connectivity index (χ2n) is 6.16. The summed E-state index contributed by atoms with van der Waals surface area (Å²) in [4.78, 5) is 0.0952. The molecule has 2 aromatic carbocycles. The number of hydrogen-bond donors (Lipinski definition) is 1. The highest BCUT2D eigenvalue weighted by molar-refractivity contribution is 7.86. The minimum atomic E-state index is -3.87. The molecule has 1 unspecified atom stereocenters. The number of benzene rings is 2. The minimum absolute atomic E-state index is 0.0312. The lowest BCUT2D eigenvalue weighted by molar-refractivity contribution is 0.149. The van der Waals surface area contributed by atoms with Crippen molar-refractivity contribution in [3.8, 4) is 11.5 Å². The fourth-order valence-corrected chi connectivity index (χ4v) is 4.05. The van der Waals surface area contributed by atoms with Crippen LogP contribution in [0.5, 0.6) is 11.5 Å². The number of allylic oxidation sites excluding steroid dienone is 1. The number of phenols is 1. The first kappa shape index (κ1) is 18.8. The van der Waals surface area contributed by atoms with E-state index < -0.39 is 16.2 Å². The average molecular weight is 395 g/mol. The molecule has 3 rings (SSSR count). The molecule has 0 aromatic heterocycles. The van der Waals surface area contributed by atoms with Gasteiger partial charge in [-0.1, -0.05) is 35.4 Å². The zero-order valence-electron chi connectivity index (χ0n) is 14.2. The van der Waals surface area contributed by atoms with Crippen LogP contribution in [0.1, 0.15) is 16.7 Å². The van der Waals surface area contributed by atoms with Crippen LogP contribution < -0.4 is 4.74 Å². The summed E-state index contributed by atoms with van der Waals surface area (Å²) in [7, 11) is -3.87. The van der Waals surface area contributed by atoms with Crippen LogP contribution in [0.15, 0.2) is 47.9 Å². The van der Waals surface area contributed by atoms with Gasteiger partial charge in [0.1, 0.15) is 12.7 Å². The second-order valence-corrected chi connectivity index (χ2v) is 8.18. The minimum Gasteiger partial charge on any atom is -0.504 e. The molecule has 5 nitrogen and oxygen atoms in total. The van der Waals surface area contributed by atoms with Gasteiger partial charge in [-0.15, -0.1) is 6.58 Å². The number of halogens is 1. The molecule has 0 amide bonds. The first-order valence-electron chi connectivity index (χ1n) is 8.08. The van der Waals surface area contributed by atoms with E-state index in [1.54, 1.807) is 24.3 Å². The standard InChI is InChI=1S/C19H19ClO5S/c1-3-4-16-17(20)10-13-9-14(25-19(13)18(16)21)11-24-26(22,23)15-7-5-12(2)6-8-15/h3,5-8,10,14,21H,1,4,9,11H2,2H3. The average Bonchev–Trinajstić information content (AvgIpc) is 3.00. The number of aromatic hydroxyl groups is 1. The molecule has 0 spiro atoms. The summed E-state index contributed by atoms with van der Waals surface area (Å²) in [6.07, 6.45) is 1.92. The van der Waals surface area contributed by atoms with E-state index in [-0.39, 0.29) is 17.3 Å². The Balaban J connectivity index is 1.72. The third-order valence-electron chi connectivity index (χ3n) is 4.18. The van der Waals surface area contributed by atoms with Gasteiger partial charge in [-0.25, -0.2) is 0 Å². The molecule has 0 aliphatic carbocycles. The Hall–Kier alpha value is -2.02. The third-order valence-corrected chi connectivity index (χ3v) is 5.81. The molecule has 1 N–H and O–H groups in total. The summed E-state index contributed by atoms with van der Waals surface area (Å²) in [5.74, 6) is 0.295. The van der Waals surface area contributed by atoms with E-state index in [4.69, 9.17) is 20.5 Å². The number of ether oxygens (including phenoxy) is 1. The van der Waals surface area contributed by atoms with E-state index >= 15 is 0 Å². The van der Waals surface area contributed by atoms with Crippen LogP contribution in [0.4, 0.5) is 0 Å². The van der Waals surface area contributed by atoms with Gasteiger partial charge in [0, 0.05) is 22.6 Å².